The molecule has 2 atom stereocenters. The van der Waals surface area contributed by atoms with Crippen LogP contribution in [0.4, 0.5) is 4.79 Å². The van der Waals surface area contributed by atoms with Gasteiger partial charge in [-0.3, -0.25) is 0 Å². The molecule has 6 heteroatoms. The Morgan fingerprint density at radius 1 is 1.50 bits per heavy atom. The molecule has 92 valence electrons. The molecule has 0 aromatic heterocycles. The minimum absolute atomic E-state index is 0.0153. The van der Waals surface area contributed by atoms with E-state index in [1.807, 2.05) is 6.92 Å². The summed E-state index contributed by atoms with van der Waals surface area (Å²) in [5.74, 6) is -1.29. The van der Waals surface area contributed by atoms with Crippen molar-refractivity contribution >= 4 is 12.0 Å². The third-order valence-corrected chi connectivity index (χ3v) is 1.89. The highest BCUT2D eigenvalue weighted by atomic mass is 16.4. The minimum Gasteiger partial charge on any atom is -0.479 e. The van der Waals surface area contributed by atoms with Crippen molar-refractivity contribution in [2.75, 3.05) is 6.54 Å². The van der Waals surface area contributed by atoms with E-state index in [0.29, 0.717) is 6.42 Å². The van der Waals surface area contributed by atoms with Crippen LogP contribution in [-0.2, 0) is 4.79 Å². The lowest BCUT2D eigenvalue weighted by Crippen LogP contribution is -2.41. The summed E-state index contributed by atoms with van der Waals surface area (Å²) in [6, 6.07) is -0.408. The van der Waals surface area contributed by atoms with Crippen LogP contribution in [0.1, 0.15) is 19.8 Å². The molecule has 0 aromatic carbocycles. The normalized spacial score (nSPS) is 13.6. The highest BCUT2D eigenvalue weighted by Gasteiger charge is 2.13. The topological polar surface area (TPSA) is 98.7 Å². The van der Waals surface area contributed by atoms with Gasteiger partial charge >= 0.3 is 12.0 Å². The van der Waals surface area contributed by atoms with E-state index in [1.165, 1.54) is 0 Å². The van der Waals surface area contributed by atoms with Crippen LogP contribution in [0.25, 0.3) is 0 Å². The fourth-order valence-corrected chi connectivity index (χ4v) is 1.03. The fraction of sp³-hybridized carbons (Fsp3) is 0.600. The Balaban J connectivity index is 3.65. The van der Waals surface area contributed by atoms with Gasteiger partial charge in [-0.25, -0.2) is 9.59 Å². The number of amides is 2. The number of aliphatic hydroxyl groups excluding tert-OH is 1. The number of nitrogens with one attached hydrogen (secondary N) is 2. The van der Waals surface area contributed by atoms with Crippen LogP contribution in [0.15, 0.2) is 12.7 Å². The summed E-state index contributed by atoms with van der Waals surface area (Å²) in [4.78, 5) is 21.4. The zero-order chi connectivity index (χ0) is 12.6. The number of carbonyl (C=O) groups is 2. The van der Waals surface area contributed by atoms with E-state index < -0.39 is 12.1 Å². The number of urea groups is 1. The van der Waals surface area contributed by atoms with Gasteiger partial charge in [0, 0.05) is 19.0 Å². The van der Waals surface area contributed by atoms with Crippen LogP contribution >= 0.6 is 0 Å². The number of carbonyl (C=O) groups excluding carboxylic acids is 1. The molecular weight excluding hydrogens is 212 g/mol. The maximum atomic E-state index is 11.2. The van der Waals surface area contributed by atoms with Crippen molar-refractivity contribution in [3.63, 3.8) is 0 Å². The standard InChI is InChI=1S/C10H18N2O4/c1-3-4-7(2)12-10(16)11-6-5-8(13)9(14)15/h3,7-8,13H,1,4-6H2,2H3,(H,14,15)(H2,11,12,16). The Morgan fingerprint density at radius 2 is 2.12 bits per heavy atom. The molecule has 2 unspecified atom stereocenters. The SMILES string of the molecule is C=CCC(C)NC(=O)NCCC(O)C(=O)O. The van der Waals surface area contributed by atoms with Crippen molar-refractivity contribution in [1.29, 1.82) is 0 Å². The lowest BCUT2D eigenvalue weighted by molar-refractivity contribution is -0.146. The Bertz CT molecular complexity index is 255. The average molecular weight is 230 g/mol. The second kappa shape index (κ2) is 7.70. The summed E-state index contributed by atoms with van der Waals surface area (Å²) in [5.41, 5.74) is 0. The first kappa shape index (κ1) is 14.4. The quantitative estimate of drug-likeness (QED) is 0.466. The molecule has 0 saturated heterocycles. The van der Waals surface area contributed by atoms with Gasteiger partial charge in [-0.05, 0) is 13.3 Å². The Kier molecular flexibility index (Phi) is 6.95. The van der Waals surface area contributed by atoms with Gasteiger partial charge in [-0.2, -0.15) is 0 Å². The number of hydrogen-bond donors (Lipinski definition) is 4. The first-order chi connectivity index (χ1) is 7.47. The van der Waals surface area contributed by atoms with Gasteiger partial charge in [0.1, 0.15) is 0 Å². The van der Waals surface area contributed by atoms with E-state index in [9.17, 15) is 9.59 Å². The van der Waals surface area contributed by atoms with E-state index in [1.54, 1.807) is 6.08 Å². The van der Waals surface area contributed by atoms with E-state index >= 15 is 0 Å². The van der Waals surface area contributed by atoms with Crippen LogP contribution in [-0.4, -0.2) is 40.9 Å². The molecule has 0 aromatic rings. The maximum Gasteiger partial charge on any atom is 0.332 e. The summed E-state index contributed by atoms with van der Waals surface area (Å²) in [6.07, 6.45) is 0.897. The molecule has 0 heterocycles. The van der Waals surface area contributed by atoms with E-state index in [-0.39, 0.29) is 25.0 Å². The fourth-order valence-electron chi connectivity index (χ4n) is 1.03. The molecule has 16 heavy (non-hydrogen) atoms. The summed E-state index contributed by atoms with van der Waals surface area (Å²) in [5, 5.41) is 22.4. The Hall–Kier alpha value is -1.56. The van der Waals surface area contributed by atoms with Crippen molar-refractivity contribution in [2.24, 2.45) is 0 Å². The number of hydrogen-bond acceptors (Lipinski definition) is 3. The number of aliphatic carboxylic acids is 1. The van der Waals surface area contributed by atoms with Gasteiger partial charge in [0.25, 0.3) is 0 Å². The second-order valence-electron chi connectivity index (χ2n) is 3.47. The third kappa shape index (κ3) is 6.83. The summed E-state index contributed by atoms with van der Waals surface area (Å²) in [6.45, 7) is 5.48. The third-order valence-electron chi connectivity index (χ3n) is 1.89. The number of carboxylic acids is 1. The van der Waals surface area contributed by atoms with Gasteiger partial charge < -0.3 is 20.8 Å². The van der Waals surface area contributed by atoms with Crippen LogP contribution in [0.5, 0.6) is 0 Å². The largest absolute Gasteiger partial charge is 0.479 e. The summed E-state index contributed by atoms with van der Waals surface area (Å²) in [7, 11) is 0. The van der Waals surface area contributed by atoms with Crippen LogP contribution in [0.3, 0.4) is 0 Å². The lowest BCUT2D eigenvalue weighted by Gasteiger charge is -2.13. The molecule has 0 aliphatic rings. The van der Waals surface area contributed by atoms with E-state index in [0.717, 1.165) is 0 Å². The number of carboxylic acid groups (broad SMARTS) is 1. The molecule has 0 spiro atoms. The summed E-state index contributed by atoms with van der Waals surface area (Å²) < 4.78 is 0. The average Bonchev–Trinajstić information content (AvgIpc) is 2.17. The Labute approximate surface area is 94.3 Å². The van der Waals surface area contributed by atoms with E-state index in [4.69, 9.17) is 10.2 Å². The highest BCUT2D eigenvalue weighted by Crippen LogP contribution is 1.91. The molecule has 0 bridgehead atoms. The summed E-state index contributed by atoms with van der Waals surface area (Å²) >= 11 is 0. The van der Waals surface area contributed by atoms with Crippen molar-refractivity contribution in [2.45, 2.75) is 31.9 Å². The van der Waals surface area contributed by atoms with Gasteiger partial charge in [-0.1, -0.05) is 6.08 Å². The second-order valence-corrected chi connectivity index (χ2v) is 3.47. The first-order valence-corrected chi connectivity index (χ1v) is 5.03. The van der Waals surface area contributed by atoms with Crippen molar-refractivity contribution in [3.8, 4) is 0 Å². The smallest absolute Gasteiger partial charge is 0.332 e. The predicted octanol–water partition coefficient (Wildman–Crippen LogP) is 0.0858. The zero-order valence-corrected chi connectivity index (χ0v) is 9.27. The van der Waals surface area contributed by atoms with Gasteiger partial charge in [0.15, 0.2) is 6.10 Å². The van der Waals surface area contributed by atoms with Crippen LogP contribution in [0, 0.1) is 0 Å². The molecule has 6 nitrogen and oxygen atoms in total. The van der Waals surface area contributed by atoms with Crippen molar-refractivity contribution in [1.82, 2.24) is 10.6 Å². The molecule has 0 radical (unpaired) electrons. The van der Waals surface area contributed by atoms with Crippen LogP contribution < -0.4 is 10.6 Å². The Morgan fingerprint density at radius 3 is 2.62 bits per heavy atom. The predicted molar refractivity (Wildman–Crippen MR) is 59.1 cm³/mol. The highest BCUT2D eigenvalue weighted by molar-refractivity contribution is 5.74. The number of rotatable bonds is 7. The molecule has 0 fully saturated rings. The minimum atomic E-state index is -1.44. The first-order valence-electron chi connectivity index (χ1n) is 5.03. The molecule has 4 N–H and O–H groups in total. The molecule has 0 aliphatic carbocycles. The van der Waals surface area contributed by atoms with Crippen molar-refractivity contribution in [3.05, 3.63) is 12.7 Å². The van der Waals surface area contributed by atoms with Gasteiger partial charge in [0.2, 0.25) is 0 Å². The molecule has 0 aliphatic heterocycles. The lowest BCUT2D eigenvalue weighted by atomic mass is 10.2. The van der Waals surface area contributed by atoms with Gasteiger partial charge in [0.05, 0.1) is 0 Å². The van der Waals surface area contributed by atoms with E-state index in [2.05, 4.69) is 17.2 Å². The molecule has 2 amide bonds. The monoisotopic (exact) mass is 230 g/mol. The zero-order valence-electron chi connectivity index (χ0n) is 9.27. The van der Waals surface area contributed by atoms with Gasteiger partial charge in [-0.15, -0.1) is 6.58 Å². The molecule has 0 rings (SSSR count). The number of aliphatic hydroxyl groups is 1. The van der Waals surface area contributed by atoms with Crippen molar-refractivity contribution < 1.29 is 19.8 Å². The molecular formula is C10H18N2O4. The van der Waals surface area contributed by atoms with Crippen LogP contribution in [0.2, 0.25) is 0 Å². The molecule has 0 saturated carbocycles. The maximum absolute atomic E-state index is 11.2.